The van der Waals surface area contributed by atoms with Crippen molar-refractivity contribution in [3.63, 3.8) is 0 Å². The quantitative estimate of drug-likeness (QED) is 0.0154. The maximum atomic E-state index is 13.4. The van der Waals surface area contributed by atoms with Gasteiger partial charge in [0.05, 0.1) is 6.61 Å². The van der Waals surface area contributed by atoms with Gasteiger partial charge in [-0.3, -0.25) is 9.59 Å². The van der Waals surface area contributed by atoms with Crippen LogP contribution in [0.4, 0.5) is 16.2 Å². The van der Waals surface area contributed by atoms with Crippen molar-refractivity contribution in [2.24, 2.45) is 11.1 Å². The van der Waals surface area contributed by atoms with E-state index in [2.05, 4.69) is 70.6 Å². The van der Waals surface area contributed by atoms with Crippen LogP contribution in [0.5, 0.6) is 11.6 Å². The minimum atomic E-state index is -1.20. The number of hydrogen-bond donors (Lipinski definition) is 4. The summed E-state index contributed by atoms with van der Waals surface area (Å²) >= 11 is -0.296. The number of esters is 1. The molecule has 2 unspecified atom stereocenters. The van der Waals surface area contributed by atoms with E-state index in [1.807, 2.05) is 109 Å². The van der Waals surface area contributed by atoms with Gasteiger partial charge in [0.15, 0.2) is 0 Å². The third-order valence-corrected chi connectivity index (χ3v) is 14.5. The summed E-state index contributed by atoms with van der Waals surface area (Å²) in [6.45, 7) is 27.6. The van der Waals surface area contributed by atoms with Gasteiger partial charge in [-0.15, -0.1) is 13.1 Å². The number of para-hydroxylation sites is 1. The van der Waals surface area contributed by atoms with Crippen molar-refractivity contribution in [2.45, 2.75) is 116 Å². The zero-order valence-corrected chi connectivity index (χ0v) is 48.8. The number of benzene rings is 2. The molecule has 0 radical (unpaired) electrons. The van der Waals surface area contributed by atoms with Crippen molar-refractivity contribution in [1.29, 1.82) is 0 Å². The van der Waals surface area contributed by atoms with E-state index in [4.69, 9.17) is 24.7 Å². The van der Waals surface area contributed by atoms with Gasteiger partial charge in [0.1, 0.15) is 11.0 Å². The van der Waals surface area contributed by atoms with Crippen LogP contribution < -0.4 is 95.0 Å². The standard InChI is InChI=1S/C34H44IN5O5.C13H17N2O.C10H19NO2.2Li/c1-4-44-33(43)34(19-9-20-34)32(42)39-28(11-7-8-21-40(2)3)31(41)38-25-15-13-24(14-16-25)22-45-29-12-6-5-10-26(29)27-17-18-30(36)37-23-35-27;1-4-16-13-9-12(7-8-14-13)15-10(2)5-6-11(15)3;1-6-8-11(7-2)9(12)13-10(3,4)5;;/h5-6,10,12-17,28,37H,4,7-9,11,19-23,36H2,1-3H3,(H,38,41)(H,39,42);7-11H,1-6H2;6H,2,7-8H2,1,3-5H3;;/q-2;-3;-2;2*+1/t28-;;;;/m0..../s1. The second kappa shape index (κ2) is 34.5. The molecule has 5 N–H and O–H groups in total. The average Bonchev–Trinajstić information content (AvgIpc) is 3.53. The number of carbonyl (C=O) groups is 4. The van der Waals surface area contributed by atoms with Crippen LogP contribution in [0.25, 0.3) is 3.58 Å². The number of nitrogens with one attached hydrogen (secondary N) is 3. The Bertz CT molecular complexity index is 2300. The number of nitrogens with zero attached hydrogens (tertiary/aromatic N) is 4. The number of pyridine rings is 1. The van der Waals surface area contributed by atoms with Gasteiger partial charge in [-0.25, -0.2) is 9.78 Å². The Morgan fingerprint density at radius 3 is 2.29 bits per heavy atom. The number of carbonyl (C=O) groups excluding carboxylic acids is 4. The molecule has 1 saturated heterocycles. The third kappa shape index (κ3) is 21.8. The van der Waals surface area contributed by atoms with Crippen LogP contribution in [-0.2, 0) is 30.5 Å². The Labute approximate surface area is 488 Å². The van der Waals surface area contributed by atoms with Crippen molar-refractivity contribution < 1.29 is 97.1 Å². The fraction of sp³-hybridized carbons (Fsp3) is 0.474. The van der Waals surface area contributed by atoms with Crippen molar-refractivity contribution >= 4 is 38.8 Å². The summed E-state index contributed by atoms with van der Waals surface area (Å²) in [5.74, 6) is 0.702. The Morgan fingerprint density at radius 2 is 1.70 bits per heavy atom. The zero-order valence-electron chi connectivity index (χ0n) is 46.7. The van der Waals surface area contributed by atoms with E-state index in [1.165, 1.54) is 3.58 Å². The molecule has 6 rings (SSSR count). The van der Waals surface area contributed by atoms with Gasteiger partial charge in [0.2, 0.25) is 11.8 Å². The van der Waals surface area contributed by atoms with Crippen LogP contribution in [0.3, 0.4) is 0 Å². The molecule has 3 aromatic rings. The molecule has 3 amide bonds. The largest absolute Gasteiger partial charge is 1.00 e. The Hall–Kier alpha value is -4.37. The maximum Gasteiger partial charge on any atom is 1.00 e. The number of alkyl halides is 1. The number of allylic oxidation sites excluding steroid dienone is 2. The summed E-state index contributed by atoms with van der Waals surface area (Å²) < 4.78 is 23.9. The first-order valence-corrected chi connectivity index (χ1v) is 28.0. The summed E-state index contributed by atoms with van der Waals surface area (Å²) in [6.07, 6.45) is 14.3. The molecule has 1 aliphatic carbocycles. The monoisotopic (exact) mass is 1150 g/mol. The first kappa shape index (κ1) is 67.7. The van der Waals surface area contributed by atoms with Gasteiger partial charge >= 0.3 is 213 Å². The number of hydrogen-bond acceptors (Lipinski definition) is 13. The Balaban J connectivity index is 0.000000519. The van der Waals surface area contributed by atoms with Crippen LogP contribution in [0, 0.1) is 45.6 Å². The van der Waals surface area contributed by atoms with Gasteiger partial charge < -0.3 is 68.3 Å². The molecule has 16 nitrogen and oxygen atoms in total. The Morgan fingerprint density at radius 1 is 1.01 bits per heavy atom. The zero-order chi connectivity index (χ0) is 54.3. The molecule has 0 bridgehead atoms. The normalized spacial score (nSPS) is 16.8. The molecular weight excluding hydrogens is 1070 g/mol. The third-order valence-electron chi connectivity index (χ3n) is 12.1. The molecule has 0 spiro atoms. The molecule has 3 atom stereocenters. The van der Waals surface area contributed by atoms with E-state index in [1.54, 1.807) is 18.0 Å². The molecule has 3 aliphatic rings. The molecule has 76 heavy (non-hydrogen) atoms. The van der Waals surface area contributed by atoms with Gasteiger partial charge in [-0.2, -0.15) is 6.92 Å². The number of ether oxygens (including phenoxy) is 4. The number of aromatic nitrogens is 1. The van der Waals surface area contributed by atoms with E-state index in [0.29, 0.717) is 63.0 Å². The molecule has 410 valence electrons. The molecule has 1 saturated carbocycles. The summed E-state index contributed by atoms with van der Waals surface area (Å²) in [7, 11) is 4.00. The van der Waals surface area contributed by atoms with E-state index in [0.717, 1.165) is 65.8 Å². The number of halogens is 1. The predicted octanol–water partition coefficient (Wildman–Crippen LogP) is -0.662. The number of amides is 3. The summed E-state index contributed by atoms with van der Waals surface area (Å²) in [6, 6.07) is 19.1. The van der Waals surface area contributed by atoms with Crippen LogP contribution in [0.1, 0.15) is 97.1 Å². The van der Waals surface area contributed by atoms with Crippen molar-refractivity contribution in [3.05, 3.63) is 130 Å². The number of nitrogens with two attached hydrogens (primary N) is 1. The van der Waals surface area contributed by atoms with E-state index in [9.17, 15) is 19.2 Å². The predicted molar refractivity (Wildman–Crippen MR) is 288 cm³/mol. The van der Waals surface area contributed by atoms with Crippen molar-refractivity contribution in [3.8, 4) is 11.6 Å². The topological polar surface area (TPSA) is 190 Å². The molecule has 2 fully saturated rings. The van der Waals surface area contributed by atoms with Crippen LogP contribution in [0.15, 0.2) is 78.8 Å². The molecule has 19 heteroatoms. The number of rotatable bonds is 21. The maximum absolute atomic E-state index is 13.4. The van der Waals surface area contributed by atoms with E-state index in [-0.39, 0.29) is 89.6 Å². The van der Waals surface area contributed by atoms with Crippen molar-refractivity contribution in [1.82, 2.24) is 25.4 Å². The fourth-order valence-electron chi connectivity index (χ4n) is 8.02. The van der Waals surface area contributed by atoms with E-state index < -0.39 is 28.9 Å². The summed E-state index contributed by atoms with van der Waals surface area (Å²) in [4.78, 5) is 60.8. The summed E-state index contributed by atoms with van der Waals surface area (Å²) in [5, 5.41) is 9.00. The SMILES string of the molecule is CCOC(=O)C1(C(=O)N[C@@H](CCCCN(C)C)C(=O)Nc2ccc(COc3ccccc3C3=C[C-]=C(N)NC[I-]3)cc2)CCC1.[CH2-]CN(C[CH-]C)C(=O)OC(C)(C)C.[CH2-]COc1cc(N2C([CH2-])CCC2[CH2-])ccn1.[Li+].[Li+]. The minimum Gasteiger partial charge on any atom is -0.511 e. The van der Waals surface area contributed by atoms with Gasteiger partial charge in [0.25, 0.3) is 0 Å². The van der Waals surface area contributed by atoms with Gasteiger partial charge in [0, 0.05) is 18.0 Å². The van der Waals surface area contributed by atoms with Gasteiger partial charge in [-0.05, 0) is 93.1 Å². The first-order chi connectivity index (χ1) is 35.3. The molecule has 2 aromatic carbocycles. The second-order valence-electron chi connectivity index (χ2n) is 19.3. The Kier molecular flexibility index (Phi) is 30.8. The number of anilines is 2. The average molecular weight is 1150 g/mol. The van der Waals surface area contributed by atoms with Crippen LogP contribution in [-0.4, -0.2) is 114 Å². The molecular formula is C57H80ILi2N8O8-5. The first-order valence-electron chi connectivity index (χ1n) is 25.4. The fourth-order valence-corrected chi connectivity index (χ4v) is 10.3. The minimum absolute atomic E-state index is 0. The molecule has 1 aromatic heterocycles. The van der Waals surface area contributed by atoms with Gasteiger partial charge in [-0.1, -0.05) is 31.3 Å². The van der Waals surface area contributed by atoms with E-state index >= 15 is 0 Å². The second-order valence-corrected chi connectivity index (χ2v) is 22.0. The van der Waals surface area contributed by atoms with Crippen LogP contribution in [0.2, 0.25) is 0 Å². The molecule has 2 aliphatic heterocycles. The molecule has 3 heterocycles. The summed E-state index contributed by atoms with van der Waals surface area (Å²) in [5.41, 5.74) is 7.93. The number of unbranched alkanes of at least 4 members (excludes halogenated alkanes) is 1. The smallest absolute Gasteiger partial charge is 0.511 e. The van der Waals surface area contributed by atoms with Crippen molar-refractivity contribution in [2.75, 3.05) is 61.7 Å². The van der Waals surface area contributed by atoms with Crippen LogP contribution >= 0.6 is 0 Å².